The van der Waals surface area contributed by atoms with Gasteiger partial charge in [-0.15, -0.1) is 0 Å². The van der Waals surface area contributed by atoms with Crippen LogP contribution in [0.4, 0.5) is 0 Å². The summed E-state index contributed by atoms with van der Waals surface area (Å²) in [5.41, 5.74) is 0. The zero-order valence-corrected chi connectivity index (χ0v) is 11.8. The van der Waals surface area contributed by atoms with Crippen molar-refractivity contribution in [2.75, 3.05) is 6.61 Å². The van der Waals surface area contributed by atoms with Crippen molar-refractivity contribution in [1.82, 2.24) is 0 Å². The summed E-state index contributed by atoms with van der Waals surface area (Å²) in [5.74, 6) is 1.81. The van der Waals surface area contributed by atoms with E-state index in [9.17, 15) is 0 Å². The van der Waals surface area contributed by atoms with Crippen LogP contribution in [0.1, 0.15) is 39.5 Å². The van der Waals surface area contributed by atoms with Crippen molar-refractivity contribution in [1.29, 1.82) is 0 Å². The normalized spacial score (nSPS) is 10.8. The van der Waals surface area contributed by atoms with E-state index in [-0.39, 0.29) is 0 Å². The predicted molar refractivity (Wildman–Crippen MR) is 72.9 cm³/mol. The maximum absolute atomic E-state index is 5.73. The van der Waals surface area contributed by atoms with Gasteiger partial charge in [-0.1, -0.05) is 38.8 Å². The van der Waals surface area contributed by atoms with Gasteiger partial charge in [-0.2, -0.15) is 0 Å². The van der Waals surface area contributed by atoms with Crippen LogP contribution in [0.25, 0.3) is 0 Å². The van der Waals surface area contributed by atoms with Crippen molar-refractivity contribution in [3.8, 4) is 5.75 Å². The first kappa shape index (κ1) is 13.6. The molecule has 0 heterocycles. The first-order valence-electron chi connectivity index (χ1n) is 6.15. The maximum atomic E-state index is 5.73. The van der Waals surface area contributed by atoms with Gasteiger partial charge in [0.15, 0.2) is 0 Å². The fraction of sp³-hybridized carbons (Fsp3) is 0.571. The average molecular weight is 285 g/mol. The van der Waals surface area contributed by atoms with Crippen LogP contribution in [0.15, 0.2) is 28.7 Å². The van der Waals surface area contributed by atoms with Gasteiger partial charge in [-0.3, -0.25) is 0 Å². The number of halogens is 1. The number of hydrogen-bond acceptors (Lipinski definition) is 1. The van der Waals surface area contributed by atoms with Crippen LogP contribution in [0, 0.1) is 5.92 Å². The van der Waals surface area contributed by atoms with Crippen molar-refractivity contribution in [3.63, 3.8) is 0 Å². The summed E-state index contributed by atoms with van der Waals surface area (Å²) in [5, 5.41) is 0. The molecule has 0 radical (unpaired) electrons. The molecule has 1 aromatic carbocycles. The molecule has 0 unspecified atom stereocenters. The van der Waals surface area contributed by atoms with E-state index in [2.05, 4.69) is 29.8 Å². The monoisotopic (exact) mass is 284 g/mol. The van der Waals surface area contributed by atoms with Crippen molar-refractivity contribution < 1.29 is 4.74 Å². The molecular formula is C14H21BrO. The number of hydrogen-bond donors (Lipinski definition) is 0. The molecule has 1 aromatic rings. The summed E-state index contributed by atoms with van der Waals surface area (Å²) in [6.45, 7) is 5.35. The molecule has 0 N–H and O–H groups in total. The third-order valence-corrected chi connectivity index (χ3v) is 3.66. The Hall–Kier alpha value is -0.500. The van der Waals surface area contributed by atoms with Crippen LogP contribution in [-0.4, -0.2) is 6.61 Å². The fourth-order valence-electron chi connectivity index (χ4n) is 1.81. The highest BCUT2D eigenvalue weighted by Crippen LogP contribution is 2.24. The van der Waals surface area contributed by atoms with Gasteiger partial charge in [-0.05, 0) is 46.8 Å². The van der Waals surface area contributed by atoms with Crippen molar-refractivity contribution in [2.24, 2.45) is 5.92 Å². The summed E-state index contributed by atoms with van der Waals surface area (Å²) >= 11 is 3.48. The Labute approximate surface area is 107 Å². The van der Waals surface area contributed by atoms with Crippen LogP contribution >= 0.6 is 15.9 Å². The molecule has 2 heteroatoms. The van der Waals surface area contributed by atoms with Crippen LogP contribution < -0.4 is 4.74 Å². The summed E-state index contributed by atoms with van der Waals surface area (Å²) in [4.78, 5) is 0. The number of para-hydroxylation sites is 1. The zero-order chi connectivity index (χ0) is 11.8. The van der Waals surface area contributed by atoms with E-state index in [0.717, 1.165) is 29.2 Å². The second kappa shape index (κ2) is 7.72. The predicted octanol–water partition coefficient (Wildman–Crippen LogP) is 5.04. The molecular weight excluding hydrogens is 264 g/mol. The van der Waals surface area contributed by atoms with E-state index in [1.54, 1.807) is 0 Å². The third kappa shape index (κ3) is 4.56. The lowest BCUT2D eigenvalue weighted by atomic mass is 9.98. The van der Waals surface area contributed by atoms with Crippen LogP contribution in [0.2, 0.25) is 0 Å². The molecule has 0 bridgehead atoms. The average Bonchev–Trinajstić information content (AvgIpc) is 2.31. The highest BCUT2D eigenvalue weighted by atomic mass is 79.9. The largest absolute Gasteiger partial charge is 0.492 e. The number of ether oxygens (including phenoxy) is 1. The molecule has 0 saturated carbocycles. The molecule has 0 aromatic heterocycles. The lowest BCUT2D eigenvalue weighted by Gasteiger charge is -2.12. The molecule has 1 nitrogen and oxygen atoms in total. The minimum absolute atomic E-state index is 0.819. The summed E-state index contributed by atoms with van der Waals surface area (Å²) < 4.78 is 6.77. The Bertz CT molecular complexity index is 295. The standard InChI is InChI=1S/C14H21BrO/c1-3-12(4-2)8-7-11-16-14-10-6-5-9-13(14)15/h5-6,9-10,12H,3-4,7-8,11H2,1-2H3. The van der Waals surface area contributed by atoms with E-state index >= 15 is 0 Å². The molecule has 0 spiro atoms. The van der Waals surface area contributed by atoms with Crippen molar-refractivity contribution in [3.05, 3.63) is 28.7 Å². The lowest BCUT2D eigenvalue weighted by Crippen LogP contribution is -2.03. The van der Waals surface area contributed by atoms with E-state index < -0.39 is 0 Å². The van der Waals surface area contributed by atoms with E-state index in [4.69, 9.17) is 4.74 Å². The number of rotatable bonds is 7. The van der Waals surface area contributed by atoms with Gasteiger partial charge in [0.25, 0.3) is 0 Å². The van der Waals surface area contributed by atoms with Gasteiger partial charge >= 0.3 is 0 Å². The first-order valence-corrected chi connectivity index (χ1v) is 6.94. The minimum atomic E-state index is 0.819. The van der Waals surface area contributed by atoms with Gasteiger partial charge in [0.05, 0.1) is 11.1 Å². The van der Waals surface area contributed by atoms with Crippen LogP contribution in [0.5, 0.6) is 5.75 Å². The Morgan fingerprint density at radius 2 is 1.88 bits per heavy atom. The second-order valence-electron chi connectivity index (χ2n) is 4.10. The van der Waals surface area contributed by atoms with E-state index in [1.807, 2.05) is 24.3 Å². The molecule has 0 fully saturated rings. The zero-order valence-electron chi connectivity index (χ0n) is 10.2. The molecule has 1 rings (SSSR count). The van der Waals surface area contributed by atoms with E-state index in [1.165, 1.54) is 19.3 Å². The minimum Gasteiger partial charge on any atom is -0.492 e. The molecule has 0 amide bonds. The van der Waals surface area contributed by atoms with Gasteiger partial charge in [0.2, 0.25) is 0 Å². The van der Waals surface area contributed by atoms with Gasteiger partial charge < -0.3 is 4.74 Å². The second-order valence-corrected chi connectivity index (χ2v) is 4.96. The first-order chi connectivity index (χ1) is 7.77. The Morgan fingerprint density at radius 3 is 2.50 bits per heavy atom. The fourth-order valence-corrected chi connectivity index (χ4v) is 2.21. The summed E-state index contributed by atoms with van der Waals surface area (Å²) in [7, 11) is 0. The topological polar surface area (TPSA) is 9.23 Å². The maximum Gasteiger partial charge on any atom is 0.133 e. The molecule has 0 aliphatic rings. The molecule has 0 atom stereocenters. The summed E-state index contributed by atoms with van der Waals surface area (Å²) in [6, 6.07) is 8.01. The Kier molecular flexibility index (Phi) is 6.55. The molecule has 0 aliphatic heterocycles. The molecule has 90 valence electrons. The Morgan fingerprint density at radius 1 is 1.19 bits per heavy atom. The number of benzene rings is 1. The van der Waals surface area contributed by atoms with E-state index in [0.29, 0.717) is 0 Å². The molecule has 0 aliphatic carbocycles. The quantitative estimate of drug-likeness (QED) is 0.637. The van der Waals surface area contributed by atoms with Gasteiger partial charge in [0, 0.05) is 0 Å². The van der Waals surface area contributed by atoms with Gasteiger partial charge in [0.1, 0.15) is 5.75 Å². The lowest BCUT2D eigenvalue weighted by molar-refractivity contribution is 0.287. The SMILES string of the molecule is CCC(CC)CCCOc1ccccc1Br. The van der Waals surface area contributed by atoms with Gasteiger partial charge in [-0.25, -0.2) is 0 Å². The van der Waals surface area contributed by atoms with Crippen molar-refractivity contribution in [2.45, 2.75) is 39.5 Å². The molecule has 16 heavy (non-hydrogen) atoms. The molecule has 0 saturated heterocycles. The van der Waals surface area contributed by atoms with Crippen LogP contribution in [-0.2, 0) is 0 Å². The Balaban J connectivity index is 2.23. The van der Waals surface area contributed by atoms with Crippen molar-refractivity contribution >= 4 is 15.9 Å². The smallest absolute Gasteiger partial charge is 0.133 e. The van der Waals surface area contributed by atoms with Crippen LogP contribution in [0.3, 0.4) is 0 Å². The highest BCUT2D eigenvalue weighted by Gasteiger charge is 2.03. The third-order valence-electron chi connectivity index (χ3n) is 3.01. The highest BCUT2D eigenvalue weighted by molar-refractivity contribution is 9.10. The summed E-state index contributed by atoms with van der Waals surface area (Å²) in [6.07, 6.45) is 4.99.